The molecule has 5 heteroatoms. The Kier molecular flexibility index (Phi) is 6.12. The summed E-state index contributed by atoms with van der Waals surface area (Å²) in [4.78, 5) is 16.1. The molecule has 136 valence electrons. The zero-order chi connectivity index (χ0) is 18.4. The molecule has 2 aromatic heterocycles. The van der Waals surface area contributed by atoms with E-state index in [2.05, 4.69) is 16.7 Å². The Morgan fingerprint density at radius 2 is 1.92 bits per heavy atom. The molecule has 2 heterocycles. The Hall–Kier alpha value is -2.53. The van der Waals surface area contributed by atoms with Crippen molar-refractivity contribution in [2.45, 2.75) is 26.4 Å². The van der Waals surface area contributed by atoms with Gasteiger partial charge in [-0.05, 0) is 48.2 Å². The van der Waals surface area contributed by atoms with Gasteiger partial charge < -0.3 is 14.2 Å². The van der Waals surface area contributed by atoms with E-state index in [0.29, 0.717) is 26.1 Å². The van der Waals surface area contributed by atoms with Crippen molar-refractivity contribution in [2.75, 3.05) is 6.61 Å². The molecule has 0 saturated carbocycles. The van der Waals surface area contributed by atoms with Crippen molar-refractivity contribution in [3.63, 3.8) is 0 Å². The van der Waals surface area contributed by atoms with Gasteiger partial charge >= 0.3 is 0 Å². The second-order valence-electron chi connectivity index (χ2n) is 6.19. The van der Waals surface area contributed by atoms with Crippen LogP contribution >= 0.6 is 11.3 Å². The van der Waals surface area contributed by atoms with E-state index in [1.165, 1.54) is 4.88 Å². The molecule has 0 fully saturated rings. The number of benzene rings is 1. The molecule has 3 rings (SSSR count). The molecular weight excluding hydrogens is 344 g/mol. The lowest BCUT2D eigenvalue weighted by Crippen LogP contribution is -2.31. The number of carbonyl (C=O) groups is 1. The number of ether oxygens (including phenoxy) is 1. The third-order valence-electron chi connectivity index (χ3n) is 4.27. The minimum atomic E-state index is 0.128. The van der Waals surface area contributed by atoms with Gasteiger partial charge in [0.2, 0.25) is 5.91 Å². The molecule has 26 heavy (non-hydrogen) atoms. The summed E-state index contributed by atoms with van der Waals surface area (Å²) in [6.07, 6.45) is 2.40. The van der Waals surface area contributed by atoms with Crippen LogP contribution in [0.5, 0.6) is 5.75 Å². The van der Waals surface area contributed by atoms with Crippen molar-refractivity contribution in [3.05, 3.63) is 76.2 Å². The van der Waals surface area contributed by atoms with Gasteiger partial charge in [0.05, 0.1) is 26.1 Å². The predicted octanol–water partition coefficient (Wildman–Crippen LogP) is 4.26. The first-order chi connectivity index (χ1) is 12.7. The molecule has 0 radical (unpaired) electrons. The van der Waals surface area contributed by atoms with Crippen LogP contribution in [0.3, 0.4) is 0 Å². The number of hydrogen-bond acceptors (Lipinski definition) is 3. The van der Waals surface area contributed by atoms with Crippen molar-refractivity contribution in [1.29, 1.82) is 0 Å². The van der Waals surface area contributed by atoms with E-state index in [1.54, 1.807) is 11.3 Å². The van der Waals surface area contributed by atoms with E-state index in [1.807, 2.05) is 66.8 Å². The van der Waals surface area contributed by atoms with Crippen molar-refractivity contribution in [2.24, 2.45) is 7.05 Å². The highest BCUT2D eigenvalue weighted by molar-refractivity contribution is 7.09. The van der Waals surface area contributed by atoms with Crippen molar-refractivity contribution < 1.29 is 9.53 Å². The average molecular weight is 369 g/mol. The summed E-state index contributed by atoms with van der Waals surface area (Å²) < 4.78 is 7.53. The first kappa shape index (κ1) is 18.3. The molecule has 1 amide bonds. The van der Waals surface area contributed by atoms with Crippen LogP contribution in [-0.2, 0) is 31.4 Å². The van der Waals surface area contributed by atoms with Gasteiger partial charge in [0.15, 0.2) is 0 Å². The molecule has 0 spiro atoms. The highest BCUT2D eigenvalue weighted by atomic mass is 32.1. The molecule has 0 N–H and O–H groups in total. The maximum atomic E-state index is 13.0. The minimum Gasteiger partial charge on any atom is -0.494 e. The lowest BCUT2D eigenvalue weighted by Gasteiger charge is -2.23. The standard InChI is InChI=1S/C21H24N2O2S/c1-3-25-19-10-8-17(9-11-19)14-21(24)23(16-20-7-5-13-26-20)15-18-6-4-12-22(18)2/h4-13H,3,14-16H2,1-2H3. The Balaban J connectivity index is 1.72. The number of nitrogens with zero attached hydrogens (tertiary/aromatic N) is 2. The summed E-state index contributed by atoms with van der Waals surface area (Å²) in [6.45, 7) is 3.85. The van der Waals surface area contributed by atoms with Gasteiger partial charge in [0, 0.05) is 23.8 Å². The van der Waals surface area contributed by atoms with Crippen molar-refractivity contribution in [1.82, 2.24) is 9.47 Å². The fourth-order valence-corrected chi connectivity index (χ4v) is 3.56. The maximum absolute atomic E-state index is 13.0. The van der Waals surface area contributed by atoms with Gasteiger partial charge in [-0.1, -0.05) is 18.2 Å². The van der Waals surface area contributed by atoms with Crippen LogP contribution in [0.4, 0.5) is 0 Å². The monoisotopic (exact) mass is 368 g/mol. The summed E-state index contributed by atoms with van der Waals surface area (Å²) >= 11 is 1.68. The first-order valence-electron chi connectivity index (χ1n) is 8.78. The Bertz CT molecular complexity index is 822. The van der Waals surface area contributed by atoms with Gasteiger partial charge in [0.1, 0.15) is 5.75 Å². The molecule has 0 aliphatic rings. The topological polar surface area (TPSA) is 34.5 Å². The highest BCUT2D eigenvalue weighted by Crippen LogP contribution is 2.18. The molecule has 0 unspecified atom stereocenters. The van der Waals surface area contributed by atoms with Crippen LogP contribution in [-0.4, -0.2) is 22.0 Å². The van der Waals surface area contributed by atoms with Gasteiger partial charge in [0.25, 0.3) is 0 Å². The molecule has 4 nitrogen and oxygen atoms in total. The quantitative estimate of drug-likeness (QED) is 0.595. The first-order valence-corrected chi connectivity index (χ1v) is 9.65. The summed E-state index contributed by atoms with van der Waals surface area (Å²) in [5.74, 6) is 0.965. The number of aryl methyl sites for hydroxylation is 1. The fraction of sp³-hybridized carbons (Fsp3) is 0.286. The van der Waals surface area contributed by atoms with Crippen molar-refractivity contribution in [3.8, 4) is 5.75 Å². The van der Waals surface area contributed by atoms with E-state index < -0.39 is 0 Å². The predicted molar refractivity (Wildman–Crippen MR) is 105 cm³/mol. The molecule has 0 aliphatic carbocycles. The van der Waals surface area contributed by atoms with Crippen LogP contribution in [0.1, 0.15) is 23.1 Å². The third-order valence-corrected chi connectivity index (χ3v) is 5.13. The lowest BCUT2D eigenvalue weighted by atomic mass is 10.1. The number of rotatable bonds is 8. The number of amides is 1. The largest absolute Gasteiger partial charge is 0.494 e. The van der Waals surface area contributed by atoms with E-state index in [4.69, 9.17) is 4.74 Å². The molecule has 0 aliphatic heterocycles. The van der Waals surface area contributed by atoms with Crippen LogP contribution in [0.2, 0.25) is 0 Å². The molecule has 1 aromatic carbocycles. The highest BCUT2D eigenvalue weighted by Gasteiger charge is 2.17. The summed E-state index contributed by atoms with van der Waals surface area (Å²) in [7, 11) is 2.01. The van der Waals surface area contributed by atoms with Gasteiger partial charge in [-0.25, -0.2) is 0 Å². The molecular formula is C21H24N2O2S. The van der Waals surface area contributed by atoms with E-state index in [0.717, 1.165) is 17.0 Å². The third kappa shape index (κ3) is 4.76. The second kappa shape index (κ2) is 8.72. The van der Waals surface area contributed by atoms with Crippen LogP contribution < -0.4 is 4.74 Å². The zero-order valence-corrected chi connectivity index (χ0v) is 16.0. The normalized spacial score (nSPS) is 10.7. The number of thiophene rings is 1. The molecule has 0 bridgehead atoms. The van der Waals surface area contributed by atoms with E-state index in [9.17, 15) is 4.79 Å². The maximum Gasteiger partial charge on any atom is 0.227 e. The van der Waals surface area contributed by atoms with E-state index >= 15 is 0 Å². The molecule has 0 atom stereocenters. The molecule has 0 saturated heterocycles. The van der Waals surface area contributed by atoms with Crippen LogP contribution in [0.15, 0.2) is 60.1 Å². The summed E-state index contributed by atoms with van der Waals surface area (Å²) in [6, 6.07) is 16.0. The number of hydrogen-bond donors (Lipinski definition) is 0. The van der Waals surface area contributed by atoms with Crippen LogP contribution in [0.25, 0.3) is 0 Å². The lowest BCUT2D eigenvalue weighted by molar-refractivity contribution is -0.131. The number of aromatic nitrogens is 1. The van der Waals surface area contributed by atoms with Crippen LogP contribution in [0, 0.1) is 0 Å². The number of carbonyl (C=O) groups excluding carboxylic acids is 1. The summed E-state index contributed by atoms with van der Waals surface area (Å²) in [5.41, 5.74) is 2.13. The SMILES string of the molecule is CCOc1ccc(CC(=O)N(Cc2cccs2)Cc2cccn2C)cc1. The molecule has 3 aromatic rings. The summed E-state index contributed by atoms with van der Waals surface area (Å²) in [5, 5.41) is 2.05. The average Bonchev–Trinajstić information content (AvgIpc) is 3.28. The van der Waals surface area contributed by atoms with Gasteiger partial charge in [-0.2, -0.15) is 0 Å². The van der Waals surface area contributed by atoms with Crippen molar-refractivity contribution >= 4 is 17.2 Å². The smallest absolute Gasteiger partial charge is 0.227 e. The Morgan fingerprint density at radius 1 is 1.12 bits per heavy atom. The van der Waals surface area contributed by atoms with Gasteiger partial charge in [-0.15, -0.1) is 11.3 Å². The van der Waals surface area contributed by atoms with Gasteiger partial charge in [-0.3, -0.25) is 4.79 Å². The Labute approximate surface area is 158 Å². The Morgan fingerprint density at radius 3 is 2.54 bits per heavy atom. The second-order valence-corrected chi connectivity index (χ2v) is 7.23. The zero-order valence-electron chi connectivity index (χ0n) is 15.2. The van der Waals surface area contributed by atoms with E-state index in [-0.39, 0.29) is 5.91 Å². The fourth-order valence-electron chi connectivity index (χ4n) is 2.84. The minimum absolute atomic E-state index is 0.128.